The highest BCUT2D eigenvalue weighted by molar-refractivity contribution is 8.00. The largest absolute Gasteiger partial charge is 0.342 e. The van der Waals surface area contributed by atoms with Crippen LogP contribution in [0.3, 0.4) is 0 Å². The number of likely N-dealkylation sites (tertiary alicyclic amines) is 1. The van der Waals surface area contributed by atoms with Crippen LogP contribution in [0.25, 0.3) is 22.3 Å². The minimum atomic E-state index is -0.290. The number of amides is 1. The predicted octanol–water partition coefficient (Wildman–Crippen LogP) is 5.09. The number of rotatable bonds is 4. The molecule has 1 fully saturated rings. The molecule has 0 spiro atoms. The summed E-state index contributed by atoms with van der Waals surface area (Å²) in [5.41, 5.74) is 2.67. The van der Waals surface area contributed by atoms with Crippen molar-refractivity contribution in [1.82, 2.24) is 14.9 Å². The molecule has 0 N–H and O–H groups in total. The van der Waals surface area contributed by atoms with Crippen molar-refractivity contribution in [2.45, 2.75) is 31.7 Å². The first-order valence-corrected chi connectivity index (χ1v) is 10.9. The molecule has 1 amide bonds. The Bertz CT molecular complexity index is 1030. The number of fused-ring (bicyclic) bond motifs is 1. The van der Waals surface area contributed by atoms with Gasteiger partial charge in [-0.3, -0.25) is 4.79 Å². The van der Waals surface area contributed by atoms with E-state index in [-0.39, 0.29) is 11.7 Å². The lowest BCUT2D eigenvalue weighted by Crippen LogP contribution is -2.38. The predicted molar refractivity (Wildman–Crippen MR) is 115 cm³/mol. The molecule has 2 heterocycles. The third-order valence-electron chi connectivity index (χ3n) is 5.46. The third kappa shape index (κ3) is 4.42. The van der Waals surface area contributed by atoms with E-state index in [2.05, 4.69) is 6.92 Å². The molecular formula is C23H24FN3OS. The molecule has 1 saturated heterocycles. The minimum Gasteiger partial charge on any atom is -0.342 e. The SMILES string of the molecule is Cc1cccc2c(SCC(=O)N3CCC(C)CC3)nc(-c3ccc(F)cc3)nc12. The van der Waals surface area contributed by atoms with Crippen molar-refractivity contribution in [2.24, 2.45) is 5.92 Å². The van der Waals surface area contributed by atoms with Crippen molar-refractivity contribution < 1.29 is 9.18 Å². The van der Waals surface area contributed by atoms with E-state index in [4.69, 9.17) is 9.97 Å². The van der Waals surface area contributed by atoms with Gasteiger partial charge >= 0.3 is 0 Å². The molecule has 0 unspecified atom stereocenters. The fourth-order valence-corrected chi connectivity index (χ4v) is 4.50. The third-order valence-corrected chi connectivity index (χ3v) is 6.44. The Kier molecular flexibility index (Phi) is 5.81. The molecule has 29 heavy (non-hydrogen) atoms. The number of nitrogens with zero attached hydrogens (tertiary/aromatic N) is 3. The van der Waals surface area contributed by atoms with Gasteiger partial charge in [0, 0.05) is 24.0 Å². The van der Waals surface area contributed by atoms with Crippen LogP contribution in [-0.4, -0.2) is 39.6 Å². The van der Waals surface area contributed by atoms with Crippen molar-refractivity contribution in [3.8, 4) is 11.4 Å². The second-order valence-corrected chi connectivity index (χ2v) is 8.65. The number of aryl methyl sites for hydroxylation is 1. The van der Waals surface area contributed by atoms with Gasteiger partial charge in [0.2, 0.25) is 5.91 Å². The summed E-state index contributed by atoms with van der Waals surface area (Å²) < 4.78 is 13.3. The van der Waals surface area contributed by atoms with Crippen molar-refractivity contribution in [3.63, 3.8) is 0 Å². The Hall–Kier alpha value is -2.47. The topological polar surface area (TPSA) is 46.1 Å². The summed E-state index contributed by atoms with van der Waals surface area (Å²) in [4.78, 5) is 24.1. The number of hydrogen-bond donors (Lipinski definition) is 0. The molecule has 0 bridgehead atoms. The van der Waals surface area contributed by atoms with Gasteiger partial charge in [0.25, 0.3) is 0 Å². The molecule has 0 radical (unpaired) electrons. The lowest BCUT2D eigenvalue weighted by Gasteiger charge is -2.30. The van der Waals surface area contributed by atoms with Crippen molar-refractivity contribution in [3.05, 3.63) is 53.8 Å². The van der Waals surface area contributed by atoms with E-state index < -0.39 is 0 Å². The van der Waals surface area contributed by atoms with Crippen LogP contribution in [0.1, 0.15) is 25.3 Å². The first-order chi connectivity index (χ1) is 14.0. The highest BCUT2D eigenvalue weighted by Gasteiger charge is 2.21. The Labute approximate surface area is 174 Å². The van der Waals surface area contributed by atoms with Crippen LogP contribution in [0.2, 0.25) is 0 Å². The zero-order chi connectivity index (χ0) is 20.4. The number of para-hydroxylation sites is 1. The van der Waals surface area contributed by atoms with Gasteiger partial charge in [-0.05, 0) is 55.5 Å². The number of piperidine rings is 1. The van der Waals surface area contributed by atoms with Crippen LogP contribution < -0.4 is 0 Å². The molecule has 0 atom stereocenters. The number of carbonyl (C=O) groups excluding carboxylic acids is 1. The van der Waals surface area contributed by atoms with Crippen LogP contribution in [0.5, 0.6) is 0 Å². The van der Waals surface area contributed by atoms with Gasteiger partial charge in [0.15, 0.2) is 5.82 Å². The van der Waals surface area contributed by atoms with Crippen LogP contribution in [-0.2, 0) is 4.79 Å². The van der Waals surface area contributed by atoms with E-state index in [0.29, 0.717) is 17.5 Å². The summed E-state index contributed by atoms with van der Waals surface area (Å²) in [5.74, 6) is 1.47. The van der Waals surface area contributed by atoms with E-state index in [1.54, 1.807) is 12.1 Å². The second kappa shape index (κ2) is 8.49. The zero-order valence-corrected chi connectivity index (χ0v) is 17.5. The number of halogens is 1. The first-order valence-electron chi connectivity index (χ1n) is 9.95. The zero-order valence-electron chi connectivity index (χ0n) is 16.7. The van der Waals surface area contributed by atoms with Gasteiger partial charge in [0.1, 0.15) is 10.8 Å². The molecule has 3 aromatic rings. The Morgan fingerprint density at radius 1 is 1.14 bits per heavy atom. The van der Waals surface area contributed by atoms with E-state index >= 15 is 0 Å². The van der Waals surface area contributed by atoms with E-state index in [1.165, 1.54) is 23.9 Å². The van der Waals surface area contributed by atoms with Crippen LogP contribution in [0.15, 0.2) is 47.5 Å². The Morgan fingerprint density at radius 2 is 1.86 bits per heavy atom. The summed E-state index contributed by atoms with van der Waals surface area (Å²) >= 11 is 1.46. The van der Waals surface area contributed by atoms with Crippen molar-refractivity contribution in [2.75, 3.05) is 18.8 Å². The summed E-state index contributed by atoms with van der Waals surface area (Å²) in [6, 6.07) is 12.2. The maximum atomic E-state index is 13.3. The van der Waals surface area contributed by atoms with Gasteiger partial charge in [-0.15, -0.1) is 0 Å². The molecule has 1 aliphatic heterocycles. The molecule has 6 heteroatoms. The molecule has 4 nitrogen and oxygen atoms in total. The standard InChI is InChI=1S/C23H24FN3OS/c1-15-10-12-27(13-11-15)20(28)14-29-23-19-5-3-4-16(2)21(19)25-22(26-23)17-6-8-18(24)9-7-17/h3-9,15H,10-14H2,1-2H3. The highest BCUT2D eigenvalue weighted by atomic mass is 32.2. The molecule has 4 rings (SSSR count). The number of benzene rings is 2. The fraction of sp³-hybridized carbons (Fsp3) is 0.348. The Balaban J connectivity index is 1.63. The maximum Gasteiger partial charge on any atom is 0.232 e. The second-order valence-electron chi connectivity index (χ2n) is 7.68. The normalized spacial score (nSPS) is 15.1. The van der Waals surface area contributed by atoms with Gasteiger partial charge < -0.3 is 4.90 Å². The lowest BCUT2D eigenvalue weighted by molar-refractivity contribution is -0.129. The van der Waals surface area contributed by atoms with Gasteiger partial charge in [0.05, 0.1) is 11.3 Å². The fourth-order valence-electron chi connectivity index (χ4n) is 3.58. The molecule has 0 aliphatic carbocycles. The van der Waals surface area contributed by atoms with Crippen LogP contribution in [0.4, 0.5) is 4.39 Å². The van der Waals surface area contributed by atoms with Crippen molar-refractivity contribution in [1.29, 1.82) is 0 Å². The van der Waals surface area contributed by atoms with Crippen LogP contribution >= 0.6 is 11.8 Å². The summed E-state index contributed by atoms with van der Waals surface area (Å²) in [7, 11) is 0. The van der Waals surface area contributed by atoms with E-state index in [0.717, 1.165) is 53.0 Å². The molecule has 0 saturated carbocycles. The molecular weight excluding hydrogens is 385 g/mol. The average molecular weight is 410 g/mol. The number of hydrogen-bond acceptors (Lipinski definition) is 4. The van der Waals surface area contributed by atoms with Crippen LogP contribution in [0, 0.1) is 18.7 Å². The maximum absolute atomic E-state index is 13.3. The Morgan fingerprint density at radius 3 is 2.59 bits per heavy atom. The number of thioether (sulfide) groups is 1. The lowest BCUT2D eigenvalue weighted by atomic mass is 9.99. The summed E-state index contributed by atoms with van der Waals surface area (Å²) in [6.45, 7) is 5.93. The van der Waals surface area contributed by atoms with E-state index in [1.807, 2.05) is 30.0 Å². The van der Waals surface area contributed by atoms with Gasteiger partial charge in [-0.2, -0.15) is 0 Å². The molecule has 150 valence electrons. The molecule has 2 aromatic carbocycles. The number of aromatic nitrogens is 2. The smallest absolute Gasteiger partial charge is 0.232 e. The summed E-state index contributed by atoms with van der Waals surface area (Å²) in [6.07, 6.45) is 2.14. The van der Waals surface area contributed by atoms with E-state index in [9.17, 15) is 9.18 Å². The quantitative estimate of drug-likeness (QED) is 0.445. The average Bonchev–Trinajstić information content (AvgIpc) is 2.73. The monoisotopic (exact) mass is 409 g/mol. The minimum absolute atomic E-state index is 0.157. The van der Waals surface area contributed by atoms with Crippen molar-refractivity contribution >= 4 is 28.6 Å². The highest BCUT2D eigenvalue weighted by Crippen LogP contribution is 2.30. The van der Waals surface area contributed by atoms with Gasteiger partial charge in [-0.1, -0.05) is 36.9 Å². The van der Waals surface area contributed by atoms with Gasteiger partial charge in [-0.25, -0.2) is 14.4 Å². The number of carbonyl (C=O) groups is 1. The molecule has 1 aromatic heterocycles. The first kappa shape index (κ1) is 19.8. The molecule has 1 aliphatic rings. The summed E-state index contributed by atoms with van der Waals surface area (Å²) in [5, 5.41) is 1.73.